The molecule has 3 aromatic carbocycles. The fraction of sp³-hybridized carbons (Fsp3) is 0.231. The Morgan fingerprint density at radius 1 is 0.941 bits per heavy atom. The van der Waals surface area contributed by atoms with Gasteiger partial charge in [-0.1, -0.05) is 66.7 Å². The van der Waals surface area contributed by atoms with Crippen molar-refractivity contribution in [2.45, 2.75) is 36.9 Å². The predicted octanol–water partition coefficient (Wildman–Crippen LogP) is 6.77. The Labute approximate surface area is 197 Å². The molecule has 3 nitrogen and oxygen atoms in total. The van der Waals surface area contributed by atoms with Crippen molar-refractivity contribution in [1.29, 1.82) is 0 Å². The monoisotopic (exact) mass is 491 g/mol. The summed E-state index contributed by atoms with van der Waals surface area (Å²) in [5.74, 6) is -1.76. The summed E-state index contributed by atoms with van der Waals surface area (Å²) in [6.45, 7) is 5.21. The number of alkyl halides is 3. The summed E-state index contributed by atoms with van der Waals surface area (Å²) in [7, 11) is -4.10. The van der Waals surface area contributed by atoms with E-state index in [9.17, 15) is 26.0 Å². The number of rotatable bonds is 9. The topological polar surface area (TPSA) is 46.2 Å². The lowest BCUT2D eigenvalue weighted by atomic mass is 9.87. The van der Waals surface area contributed by atoms with Gasteiger partial charge in [0.05, 0.1) is 22.3 Å². The van der Waals surface area contributed by atoms with Crippen LogP contribution in [0.1, 0.15) is 34.7 Å². The van der Waals surface area contributed by atoms with E-state index in [-0.39, 0.29) is 16.9 Å². The summed E-state index contributed by atoms with van der Waals surface area (Å²) in [6, 6.07) is 18.2. The van der Waals surface area contributed by atoms with Gasteiger partial charge in [-0.25, -0.2) is 17.5 Å². The van der Waals surface area contributed by atoms with E-state index in [4.69, 9.17) is 0 Å². The number of sulfonamides is 1. The normalized spacial score (nSPS) is 13.9. The van der Waals surface area contributed by atoms with Gasteiger partial charge in [-0.05, 0) is 55.2 Å². The Hall–Kier alpha value is -2.97. The third kappa shape index (κ3) is 6.55. The molecule has 2 atom stereocenters. The molecule has 180 valence electrons. The molecular weight excluding hydrogens is 466 g/mol. The van der Waals surface area contributed by atoms with Crippen LogP contribution in [0.25, 0.3) is 0 Å². The molecule has 0 amide bonds. The number of aryl methyl sites for hydroxylation is 2. The van der Waals surface area contributed by atoms with E-state index in [2.05, 4.69) is 11.3 Å². The van der Waals surface area contributed by atoms with Crippen LogP contribution in [0, 0.1) is 12.8 Å². The minimum absolute atomic E-state index is 0.0266. The molecule has 0 saturated carbocycles. The van der Waals surface area contributed by atoms with E-state index in [1.807, 2.05) is 37.3 Å². The van der Waals surface area contributed by atoms with Crippen molar-refractivity contribution in [3.63, 3.8) is 0 Å². The lowest BCUT2D eigenvalue weighted by Gasteiger charge is -2.28. The highest BCUT2D eigenvalue weighted by Gasteiger charge is 2.33. The number of hydrogen-bond donors (Lipinski definition) is 1. The Balaban J connectivity index is 1.98. The molecule has 0 saturated heterocycles. The lowest BCUT2D eigenvalue weighted by Crippen LogP contribution is -2.34. The second-order valence-corrected chi connectivity index (χ2v) is 9.82. The molecule has 0 spiro atoms. The zero-order valence-electron chi connectivity index (χ0n) is 18.5. The SMILES string of the molecule is C=C(F)C(CCc1ccccc1)C(NS(=O)(=O)c1ccc(C)cc1)c1ccc(C(F)(F)F)cc1. The number of halogens is 4. The second kappa shape index (κ2) is 10.5. The molecule has 1 N–H and O–H groups in total. The van der Waals surface area contributed by atoms with Gasteiger partial charge in [0, 0.05) is 5.92 Å². The maximum absolute atomic E-state index is 14.7. The summed E-state index contributed by atoms with van der Waals surface area (Å²) in [6.07, 6.45) is -3.93. The quantitative estimate of drug-likeness (QED) is 0.336. The standard InChI is InChI=1S/C26H25F4NO2S/c1-18-8-15-23(16-9-18)34(32,33)31-25(21-11-13-22(14-12-21)26(28,29)30)24(19(2)27)17-10-20-6-4-3-5-7-20/h3-9,11-16,24-25,31H,2,10,17H2,1H3. The van der Waals surface area contributed by atoms with Crippen LogP contribution in [0.4, 0.5) is 17.6 Å². The van der Waals surface area contributed by atoms with Crippen molar-refractivity contribution in [2.75, 3.05) is 0 Å². The summed E-state index contributed by atoms with van der Waals surface area (Å²) in [5, 5.41) is 0. The fourth-order valence-electron chi connectivity index (χ4n) is 3.69. The summed E-state index contributed by atoms with van der Waals surface area (Å²) in [4.78, 5) is -0.0266. The van der Waals surface area contributed by atoms with Gasteiger partial charge in [0.25, 0.3) is 0 Å². The van der Waals surface area contributed by atoms with Crippen LogP contribution in [0.15, 0.2) is 96.2 Å². The molecule has 3 aromatic rings. The zero-order chi connectivity index (χ0) is 24.9. The molecule has 2 unspecified atom stereocenters. The van der Waals surface area contributed by atoms with Gasteiger partial charge in [-0.15, -0.1) is 0 Å². The Morgan fingerprint density at radius 3 is 2.06 bits per heavy atom. The van der Waals surface area contributed by atoms with Gasteiger partial charge >= 0.3 is 6.18 Å². The first-order chi connectivity index (χ1) is 16.0. The molecule has 8 heteroatoms. The van der Waals surface area contributed by atoms with Gasteiger partial charge in [-0.3, -0.25) is 0 Å². The second-order valence-electron chi connectivity index (χ2n) is 8.11. The van der Waals surface area contributed by atoms with E-state index >= 15 is 0 Å². The van der Waals surface area contributed by atoms with Crippen molar-refractivity contribution < 1.29 is 26.0 Å². The van der Waals surface area contributed by atoms with Crippen LogP contribution >= 0.6 is 0 Å². The Bertz CT molecular complexity index is 1210. The first-order valence-corrected chi connectivity index (χ1v) is 12.1. The molecule has 0 aliphatic carbocycles. The van der Waals surface area contributed by atoms with Crippen molar-refractivity contribution in [3.05, 3.63) is 114 Å². The molecule has 0 bridgehead atoms. The van der Waals surface area contributed by atoms with Gasteiger partial charge in [0.1, 0.15) is 0 Å². The van der Waals surface area contributed by atoms with Crippen LogP contribution in [0.5, 0.6) is 0 Å². The molecule has 0 fully saturated rings. The van der Waals surface area contributed by atoms with Crippen LogP contribution in [-0.4, -0.2) is 8.42 Å². The molecule has 0 aliphatic rings. The van der Waals surface area contributed by atoms with Crippen molar-refractivity contribution in [1.82, 2.24) is 4.72 Å². The summed E-state index contributed by atoms with van der Waals surface area (Å²) < 4.78 is 82.6. The average molecular weight is 492 g/mol. The van der Waals surface area contributed by atoms with Crippen LogP contribution in [0.3, 0.4) is 0 Å². The Kier molecular flexibility index (Phi) is 7.94. The largest absolute Gasteiger partial charge is 0.416 e. The van der Waals surface area contributed by atoms with Gasteiger partial charge in [0.15, 0.2) is 0 Å². The molecule has 0 radical (unpaired) electrons. The Morgan fingerprint density at radius 2 is 1.53 bits per heavy atom. The molecule has 0 aromatic heterocycles. The number of nitrogens with one attached hydrogen (secondary N) is 1. The highest BCUT2D eigenvalue weighted by molar-refractivity contribution is 7.89. The van der Waals surface area contributed by atoms with E-state index < -0.39 is 39.5 Å². The maximum atomic E-state index is 14.7. The summed E-state index contributed by atoms with van der Waals surface area (Å²) >= 11 is 0. The molecule has 3 rings (SSSR count). The first kappa shape index (κ1) is 25.6. The van der Waals surface area contributed by atoms with Crippen LogP contribution < -0.4 is 4.72 Å². The fourth-order valence-corrected chi connectivity index (χ4v) is 4.95. The number of hydrogen-bond acceptors (Lipinski definition) is 2. The van der Waals surface area contributed by atoms with Crippen LogP contribution in [0.2, 0.25) is 0 Å². The minimum atomic E-state index is -4.55. The first-order valence-electron chi connectivity index (χ1n) is 10.6. The third-order valence-electron chi connectivity index (χ3n) is 5.60. The molecular formula is C26H25F4NO2S. The van der Waals surface area contributed by atoms with E-state index in [1.54, 1.807) is 12.1 Å². The van der Waals surface area contributed by atoms with E-state index in [0.717, 1.165) is 23.3 Å². The molecule has 0 aliphatic heterocycles. The van der Waals surface area contributed by atoms with Crippen molar-refractivity contribution in [2.24, 2.45) is 5.92 Å². The highest BCUT2D eigenvalue weighted by atomic mass is 32.2. The van der Waals surface area contributed by atoms with Gasteiger partial charge < -0.3 is 0 Å². The molecule has 0 heterocycles. The minimum Gasteiger partial charge on any atom is -0.212 e. The highest BCUT2D eigenvalue weighted by Crippen LogP contribution is 2.35. The van der Waals surface area contributed by atoms with E-state index in [1.165, 1.54) is 24.3 Å². The smallest absolute Gasteiger partial charge is 0.212 e. The maximum Gasteiger partial charge on any atom is 0.416 e. The average Bonchev–Trinajstić information content (AvgIpc) is 2.78. The van der Waals surface area contributed by atoms with Gasteiger partial charge in [0.2, 0.25) is 10.0 Å². The third-order valence-corrected chi connectivity index (χ3v) is 7.06. The lowest BCUT2D eigenvalue weighted by molar-refractivity contribution is -0.137. The van der Waals surface area contributed by atoms with Gasteiger partial charge in [-0.2, -0.15) is 13.2 Å². The number of benzene rings is 3. The van der Waals surface area contributed by atoms with E-state index in [0.29, 0.717) is 6.42 Å². The summed E-state index contributed by atoms with van der Waals surface area (Å²) in [5.41, 5.74) is 1.11. The van der Waals surface area contributed by atoms with Crippen LogP contribution in [-0.2, 0) is 22.6 Å². The zero-order valence-corrected chi connectivity index (χ0v) is 19.3. The van der Waals surface area contributed by atoms with Crippen molar-refractivity contribution >= 4 is 10.0 Å². The predicted molar refractivity (Wildman–Crippen MR) is 124 cm³/mol. The molecule has 34 heavy (non-hydrogen) atoms. The van der Waals surface area contributed by atoms with Crippen molar-refractivity contribution in [3.8, 4) is 0 Å².